The third kappa shape index (κ3) is 5.49. The highest BCUT2D eigenvalue weighted by Gasteiger charge is 2.38. The molecule has 3 atom stereocenters. The van der Waals surface area contributed by atoms with E-state index in [2.05, 4.69) is 10.2 Å². The summed E-state index contributed by atoms with van der Waals surface area (Å²) in [4.78, 5) is 43.6. The molecule has 1 aromatic rings. The highest BCUT2D eigenvalue weighted by atomic mass is 16.5. The van der Waals surface area contributed by atoms with Crippen molar-refractivity contribution in [2.45, 2.75) is 63.6 Å². The second-order valence-electron chi connectivity index (χ2n) is 9.59. The fourth-order valence-electron chi connectivity index (χ4n) is 5.54. The third-order valence-electron chi connectivity index (χ3n) is 7.42. The molecule has 3 heterocycles. The van der Waals surface area contributed by atoms with Gasteiger partial charge < -0.3 is 19.9 Å². The molecule has 0 bridgehead atoms. The fourth-order valence-corrected chi connectivity index (χ4v) is 5.54. The topological polar surface area (TPSA) is 82.2 Å². The zero-order valence-electron chi connectivity index (χ0n) is 19.8. The predicted octanol–water partition coefficient (Wildman–Crippen LogP) is 2.62. The Bertz CT molecular complexity index is 856. The zero-order valence-corrected chi connectivity index (χ0v) is 19.8. The minimum atomic E-state index is -0.642. The van der Waals surface area contributed by atoms with Gasteiger partial charge in [-0.2, -0.15) is 0 Å². The van der Waals surface area contributed by atoms with Crippen LogP contribution in [0.2, 0.25) is 0 Å². The van der Waals surface area contributed by atoms with Gasteiger partial charge in [0.05, 0.1) is 13.7 Å². The van der Waals surface area contributed by atoms with E-state index in [9.17, 15) is 14.4 Å². The van der Waals surface area contributed by atoms with Crippen LogP contribution in [0, 0.1) is 5.92 Å². The van der Waals surface area contributed by atoms with Gasteiger partial charge in [-0.05, 0) is 68.8 Å². The van der Waals surface area contributed by atoms with Crippen LogP contribution in [-0.2, 0) is 16.1 Å². The Balaban J connectivity index is 1.26. The van der Waals surface area contributed by atoms with Crippen molar-refractivity contribution in [2.24, 2.45) is 5.92 Å². The van der Waals surface area contributed by atoms with Crippen molar-refractivity contribution in [3.8, 4) is 5.75 Å². The highest BCUT2D eigenvalue weighted by Crippen LogP contribution is 2.31. The van der Waals surface area contributed by atoms with Gasteiger partial charge >= 0.3 is 6.03 Å². The van der Waals surface area contributed by atoms with E-state index in [1.54, 1.807) is 19.2 Å². The molecule has 0 unspecified atom stereocenters. The number of ether oxygens (including phenoxy) is 1. The van der Waals surface area contributed by atoms with E-state index >= 15 is 0 Å². The Morgan fingerprint density at radius 1 is 1.12 bits per heavy atom. The number of urea groups is 1. The van der Waals surface area contributed by atoms with Crippen LogP contribution in [0.25, 0.3) is 0 Å². The molecule has 0 radical (unpaired) electrons. The molecule has 4 amide bonds. The molecule has 8 nitrogen and oxygen atoms in total. The molecule has 0 aliphatic carbocycles. The minimum Gasteiger partial charge on any atom is -0.497 e. The molecule has 180 valence electrons. The first-order chi connectivity index (χ1) is 16.0. The van der Waals surface area contributed by atoms with Crippen molar-refractivity contribution in [1.82, 2.24) is 20.0 Å². The van der Waals surface area contributed by atoms with Crippen LogP contribution in [0.15, 0.2) is 24.3 Å². The van der Waals surface area contributed by atoms with E-state index in [0.29, 0.717) is 18.4 Å². The first kappa shape index (κ1) is 23.5. The van der Waals surface area contributed by atoms with E-state index in [4.69, 9.17) is 4.74 Å². The van der Waals surface area contributed by atoms with Crippen LogP contribution < -0.4 is 10.1 Å². The number of methoxy groups -OCH3 is 1. The number of imide groups is 1. The van der Waals surface area contributed by atoms with Crippen molar-refractivity contribution >= 4 is 17.8 Å². The Morgan fingerprint density at radius 3 is 2.64 bits per heavy atom. The lowest BCUT2D eigenvalue weighted by Crippen LogP contribution is -2.51. The van der Waals surface area contributed by atoms with Crippen LogP contribution >= 0.6 is 0 Å². The van der Waals surface area contributed by atoms with Gasteiger partial charge in [0.2, 0.25) is 5.91 Å². The third-order valence-corrected chi connectivity index (χ3v) is 7.42. The van der Waals surface area contributed by atoms with Gasteiger partial charge in [0.25, 0.3) is 5.91 Å². The molecular formula is C25H36N4O4. The van der Waals surface area contributed by atoms with Gasteiger partial charge in [0.15, 0.2) is 0 Å². The smallest absolute Gasteiger partial charge is 0.325 e. The van der Waals surface area contributed by atoms with Gasteiger partial charge in [-0.25, -0.2) is 4.79 Å². The number of benzene rings is 1. The first-order valence-electron chi connectivity index (χ1n) is 12.2. The molecule has 8 heteroatoms. The molecular weight excluding hydrogens is 420 g/mol. The Labute approximate surface area is 196 Å². The van der Waals surface area contributed by atoms with Crippen LogP contribution in [-0.4, -0.2) is 78.4 Å². The number of hydrogen-bond acceptors (Lipinski definition) is 5. The molecule has 0 saturated carbocycles. The number of nitrogens with one attached hydrogen (secondary N) is 1. The number of nitrogens with zero attached hydrogens (tertiary/aromatic N) is 3. The summed E-state index contributed by atoms with van der Waals surface area (Å²) in [5, 5.41) is 2.74. The van der Waals surface area contributed by atoms with Crippen molar-refractivity contribution in [2.75, 3.05) is 33.8 Å². The lowest BCUT2D eigenvalue weighted by Gasteiger charge is -2.45. The van der Waals surface area contributed by atoms with Gasteiger partial charge in [-0.15, -0.1) is 0 Å². The van der Waals surface area contributed by atoms with Gasteiger partial charge in [0.1, 0.15) is 11.8 Å². The average molecular weight is 457 g/mol. The number of piperidine rings is 2. The van der Waals surface area contributed by atoms with E-state index in [-0.39, 0.29) is 24.8 Å². The highest BCUT2D eigenvalue weighted by molar-refractivity contribution is 6.04. The minimum absolute atomic E-state index is 0.0404. The summed E-state index contributed by atoms with van der Waals surface area (Å²) in [6.07, 6.45) is 6.77. The lowest BCUT2D eigenvalue weighted by molar-refractivity contribution is -0.132. The fraction of sp³-hybridized carbons (Fsp3) is 0.640. The van der Waals surface area contributed by atoms with Gasteiger partial charge in [-0.1, -0.05) is 18.6 Å². The normalized spacial score (nSPS) is 25.5. The second kappa shape index (κ2) is 10.5. The Morgan fingerprint density at radius 2 is 1.88 bits per heavy atom. The van der Waals surface area contributed by atoms with Crippen molar-refractivity contribution in [3.05, 3.63) is 29.8 Å². The van der Waals surface area contributed by atoms with Crippen LogP contribution in [0.4, 0.5) is 4.79 Å². The number of rotatable bonds is 8. The molecule has 33 heavy (non-hydrogen) atoms. The molecule has 0 spiro atoms. The number of carbonyl (C=O) groups is 3. The van der Waals surface area contributed by atoms with E-state index in [0.717, 1.165) is 17.9 Å². The van der Waals surface area contributed by atoms with Gasteiger partial charge in [0, 0.05) is 26.1 Å². The summed E-state index contributed by atoms with van der Waals surface area (Å²) >= 11 is 0. The molecule has 3 aliphatic heterocycles. The number of carbonyl (C=O) groups excluding carboxylic acids is 3. The molecule has 4 rings (SSSR count). The number of amides is 4. The summed E-state index contributed by atoms with van der Waals surface area (Å²) in [5.41, 5.74) is 0.847. The average Bonchev–Trinajstić information content (AvgIpc) is 3.10. The largest absolute Gasteiger partial charge is 0.497 e. The molecule has 0 aromatic heterocycles. The maximum atomic E-state index is 12.8. The van der Waals surface area contributed by atoms with Crippen LogP contribution in [0.3, 0.4) is 0 Å². The van der Waals surface area contributed by atoms with E-state index in [1.165, 1.54) is 50.1 Å². The second-order valence-corrected chi connectivity index (χ2v) is 9.59. The van der Waals surface area contributed by atoms with Crippen molar-refractivity contribution in [3.63, 3.8) is 0 Å². The summed E-state index contributed by atoms with van der Waals surface area (Å²) in [7, 11) is 3.46. The monoisotopic (exact) mass is 456 g/mol. The summed E-state index contributed by atoms with van der Waals surface area (Å²) in [5.74, 6) is 1.02. The Hall–Kier alpha value is -2.61. The number of hydrogen-bond donors (Lipinski definition) is 1. The lowest BCUT2D eigenvalue weighted by atomic mass is 9.83. The summed E-state index contributed by atoms with van der Waals surface area (Å²) in [6.45, 7) is 3.36. The predicted molar refractivity (Wildman–Crippen MR) is 125 cm³/mol. The molecule has 3 aliphatic rings. The van der Waals surface area contributed by atoms with Crippen molar-refractivity contribution in [1.29, 1.82) is 0 Å². The SMILES string of the molecule is COc1ccc(CN2C(=O)N[C@H](CCC(=O)N(C)C[C@@H]3CCCN4CCCC[C@H]34)C2=O)cc1. The molecule has 3 fully saturated rings. The van der Waals surface area contributed by atoms with E-state index in [1.807, 2.05) is 24.1 Å². The van der Waals surface area contributed by atoms with Crippen LogP contribution in [0.1, 0.15) is 50.5 Å². The molecule has 1 aromatic carbocycles. The first-order valence-corrected chi connectivity index (χ1v) is 12.2. The quantitative estimate of drug-likeness (QED) is 0.608. The maximum absolute atomic E-state index is 12.8. The summed E-state index contributed by atoms with van der Waals surface area (Å²) < 4.78 is 5.15. The molecule has 1 N–H and O–H groups in total. The van der Waals surface area contributed by atoms with E-state index < -0.39 is 12.1 Å². The maximum Gasteiger partial charge on any atom is 0.325 e. The van der Waals surface area contributed by atoms with Gasteiger partial charge in [-0.3, -0.25) is 14.5 Å². The Kier molecular flexibility index (Phi) is 7.53. The van der Waals surface area contributed by atoms with Crippen LogP contribution in [0.5, 0.6) is 5.75 Å². The summed E-state index contributed by atoms with van der Waals surface area (Å²) in [6, 6.07) is 6.84. The van der Waals surface area contributed by atoms with Crippen molar-refractivity contribution < 1.29 is 19.1 Å². The zero-order chi connectivity index (χ0) is 23.4. The number of fused-ring (bicyclic) bond motifs is 1. The molecule has 3 saturated heterocycles. The standard InChI is InChI=1S/C25H36N4O4/c1-27(17-19-6-5-15-28-14-4-3-7-22(19)28)23(30)13-12-21-24(31)29(25(32)26-21)16-18-8-10-20(33-2)11-9-18/h8-11,19,21-22H,3-7,12-17H2,1-2H3,(H,26,32)/t19-,21+,22+/m0/s1.